The van der Waals surface area contributed by atoms with Crippen LogP contribution in [0.3, 0.4) is 0 Å². The normalized spacial score (nSPS) is 10.9. The van der Waals surface area contributed by atoms with E-state index in [0.29, 0.717) is 16.5 Å². The molecule has 0 saturated carbocycles. The van der Waals surface area contributed by atoms with Gasteiger partial charge in [0.15, 0.2) is 0 Å². The van der Waals surface area contributed by atoms with Crippen LogP contribution in [-0.2, 0) is 9.59 Å². The van der Waals surface area contributed by atoms with E-state index in [1.54, 1.807) is 36.4 Å². The predicted molar refractivity (Wildman–Crippen MR) is 105 cm³/mol. The topological polar surface area (TPSA) is 76.3 Å². The van der Waals surface area contributed by atoms with Crippen LogP contribution >= 0.6 is 11.6 Å². The van der Waals surface area contributed by atoms with Crippen molar-refractivity contribution in [3.63, 3.8) is 0 Å². The molecule has 0 radical (unpaired) electrons. The highest BCUT2D eigenvalue weighted by Crippen LogP contribution is 2.24. The van der Waals surface area contributed by atoms with Crippen molar-refractivity contribution in [2.45, 2.75) is 6.42 Å². The number of anilines is 1. The second-order valence-corrected chi connectivity index (χ2v) is 6.13. The molecule has 2 amide bonds. The first kappa shape index (κ1) is 18.5. The van der Waals surface area contributed by atoms with Crippen LogP contribution in [-0.4, -0.2) is 22.9 Å². The van der Waals surface area contributed by atoms with Crippen molar-refractivity contribution in [1.29, 1.82) is 0 Å². The van der Waals surface area contributed by atoms with Gasteiger partial charge in [-0.2, -0.15) is 0 Å². The Kier molecular flexibility index (Phi) is 6.12. The third-order valence-electron chi connectivity index (χ3n) is 3.71. The zero-order chi connectivity index (χ0) is 19.1. The van der Waals surface area contributed by atoms with E-state index in [1.165, 1.54) is 12.3 Å². The average Bonchev–Trinajstić information content (AvgIpc) is 3.35. The van der Waals surface area contributed by atoms with E-state index in [0.717, 1.165) is 5.69 Å². The Hall–Kier alpha value is -3.25. The van der Waals surface area contributed by atoms with Crippen molar-refractivity contribution >= 4 is 35.2 Å². The van der Waals surface area contributed by atoms with E-state index in [-0.39, 0.29) is 24.8 Å². The monoisotopic (exact) mass is 383 g/mol. The molecule has 6 nitrogen and oxygen atoms in total. The van der Waals surface area contributed by atoms with Gasteiger partial charge in [0.25, 0.3) is 0 Å². The molecule has 0 spiro atoms. The van der Waals surface area contributed by atoms with Crippen LogP contribution in [0.4, 0.5) is 5.69 Å². The zero-order valence-corrected chi connectivity index (χ0v) is 15.1. The predicted octanol–water partition coefficient (Wildman–Crippen LogP) is 3.88. The molecule has 27 heavy (non-hydrogen) atoms. The van der Waals surface area contributed by atoms with Crippen molar-refractivity contribution < 1.29 is 14.0 Å². The van der Waals surface area contributed by atoms with E-state index in [4.69, 9.17) is 16.0 Å². The maximum absolute atomic E-state index is 12.2. The average molecular weight is 384 g/mol. The molecule has 138 valence electrons. The van der Waals surface area contributed by atoms with E-state index >= 15 is 0 Å². The lowest BCUT2D eigenvalue weighted by molar-refractivity contribution is -0.117. The van der Waals surface area contributed by atoms with E-state index in [2.05, 4.69) is 10.6 Å². The Morgan fingerprint density at radius 1 is 1.15 bits per heavy atom. The summed E-state index contributed by atoms with van der Waals surface area (Å²) in [4.78, 5) is 23.9. The van der Waals surface area contributed by atoms with Gasteiger partial charge < -0.3 is 19.6 Å². The molecule has 2 heterocycles. The van der Waals surface area contributed by atoms with Gasteiger partial charge in [-0.3, -0.25) is 9.59 Å². The van der Waals surface area contributed by atoms with Crippen molar-refractivity contribution in [2.75, 3.05) is 11.9 Å². The summed E-state index contributed by atoms with van der Waals surface area (Å²) in [6, 6.07) is 12.5. The zero-order valence-electron chi connectivity index (χ0n) is 14.4. The molecule has 0 aliphatic heterocycles. The fourth-order valence-corrected chi connectivity index (χ4v) is 2.60. The molecule has 0 aliphatic carbocycles. The van der Waals surface area contributed by atoms with Crippen LogP contribution in [0, 0.1) is 0 Å². The lowest BCUT2D eigenvalue weighted by Crippen LogP contribution is -2.26. The summed E-state index contributed by atoms with van der Waals surface area (Å²) in [7, 11) is 0. The van der Waals surface area contributed by atoms with Crippen LogP contribution in [0.2, 0.25) is 5.02 Å². The lowest BCUT2D eigenvalue weighted by atomic mass is 10.2. The summed E-state index contributed by atoms with van der Waals surface area (Å²) in [5.74, 6) is 0.0861. The molecule has 7 heteroatoms. The van der Waals surface area contributed by atoms with Crippen molar-refractivity contribution in [2.24, 2.45) is 0 Å². The van der Waals surface area contributed by atoms with Crippen molar-refractivity contribution in [1.82, 2.24) is 9.88 Å². The molecule has 2 N–H and O–H groups in total. The maximum atomic E-state index is 12.2. The Balaban J connectivity index is 1.52. The molecule has 3 rings (SSSR count). The smallest absolute Gasteiger partial charge is 0.244 e. The number of hydrogen-bond donors (Lipinski definition) is 2. The van der Waals surface area contributed by atoms with Crippen LogP contribution in [0.15, 0.2) is 71.6 Å². The number of furan rings is 1. The van der Waals surface area contributed by atoms with Crippen LogP contribution < -0.4 is 10.6 Å². The number of halogens is 1. The summed E-state index contributed by atoms with van der Waals surface area (Å²) < 4.78 is 6.96. The lowest BCUT2D eigenvalue weighted by Gasteiger charge is -2.12. The summed E-state index contributed by atoms with van der Waals surface area (Å²) in [5.41, 5.74) is 1.41. The Morgan fingerprint density at radius 2 is 1.96 bits per heavy atom. The van der Waals surface area contributed by atoms with Gasteiger partial charge in [-0.15, -0.1) is 0 Å². The van der Waals surface area contributed by atoms with Gasteiger partial charge in [0.05, 0.1) is 17.6 Å². The molecule has 0 fully saturated rings. The molecule has 2 aromatic heterocycles. The second-order valence-electron chi connectivity index (χ2n) is 5.69. The molecule has 0 bridgehead atoms. The first-order valence-corrected chi connectivity index (χ1v) is 8.72. The molecule has 0 saturated heterocycles. The third kappa shape index (κ3) is 5.36. The van der Waals surface area contributed by atoms with Crippen molar-refractivity contribution in [3.8, 4) is 5.69 Å². The van der Waals surface area contributed by atoms with Gasteiger partial charge >= 0.3 is 0 Å². The summed E-state index contributed by atoms with van der Waals surface area (Å²) in [6.45, 7) is 0.222. The number of aromatic nitrogens is 1. The molecular formula is C20H18ClN3O3. The van der Waals surface area contributed by atoms with E-state index in [9.17, 15) is 9.59 Å². The SMILES string of the molecule is O=C(/C=C/c1ccco1)NCCC(=O)Nc1ccc(Cl)cc1-n1cccc1. The first-order valence-electron chi connectivity index (χ1n) is 8.34. The van der Waals surface area contributed by atoms with Crippen LogP contribution in [0.1, 0.15) is 12.2 Å². The highest BCUT2D eigenvalue weighted by atomic mass is 35.5. The summed E-state index contributed by atoms with van der Waals surface area (Å²) in [5, 5.41) is 6.09. The minimum Gasteiger partial charge on any atom is -0.465 e. The largest absolute Gasteiger partial charge is 0.465 e. The summed E-state index contributed by atoms with van der Waals surface area (Å²) >= 11 is 6.07. The third-order valence-corrected chi connectivity index (χ3v) is 3.95. The fourth-order valence-electron chi connectivity index (χ4n) is 2.43. The Morgan fingerprint density at radius 3 is 2.70 bits per heavy atom. The molecule has 3 aromatic rings. The number of benzene rings is 1. The number of carbonyl (C=O) groups is 2. The number of hydrogen-bond acceptors (Lipinski definition) is 3. The van der Waals surface area contributed by atoms with E-state index < -0.39 is 0 Å². The van der Waals surface area contributed by atoms with Gasteiger partial charge in [0.2, 0.25) is 11.8 Å². The summed E-state index contributed by atoms with van der Waals surface area (Å²) in [6.07, 6.45) is 8.33. The second kappa shape index (κ2) is 8.91. The standard InChI is InChI=1S/C20H18ClN3O3/c21-15-5-7-17(18(14-15)24-11-1-2-12-24)23-20(26)9-10-22-19(25)8-6-16-4-3-13-27-16/h1-8,11-14H,9-10H2,(H,22,25)(H,23,26)/b8-6+. The minimum absolute atomic E-state index is 0.147. The van der Waals surface area contributed by atoms with Gasteiger partial charge in [-0.1, -0.05) is 11.6 Å². The van der Waals surface area contributed by atoms with Gasteiger partial charge in [0, 0.05) is 36.5 Å². The van der Waals surface area contributed by atoms with Crippen LogP contribution in [0.25, 0.3) is 11.8 Å². The van der Waals surface area contributed by atoms with Gasteiger partial charge in [-0.05, 0) is 48.5 Å². The van der Waals surface area contributed by atoms with Gasteiger partial charge in [-0.25, -0.2) is 0 Å². The quantitative estimate of drug-likeness (QED) is 0.608. The van der Waals surface area contributed by atoms with Gasteiger partial charge in [0.1, 0.15) is 5.76 Å². The highest BCUT2D eigenvalue weighted by molar-refractivity contribution is 6.30. The number of amides is 2. The van der Waals surface area contributed by atoms with Crippen LogP contribution in [0.5, 0.6) is 0 Å². The molecular weight excluding hydrogens is 366 g/mol. The molecule has 1 aromatic carbocycles. The van der Waals surface area contributed by atoms with E-state index in [1.807, 2.05) is 29.1 Å². The number of nitrogens with zero attached hydrogens (tertiary/aromatic N) is 1. The molecule has 0 unspecified atom stereocenters. The highest BCUT2D eigenvalue weighted by Gasteiger charge is 2.09. The fraction of sp³-hybridized carbons (Fsp3) is 0.100. The number of nitrogens with one attached hydrogen (secondary N) is 2. The Bertz CT molecular complexity index is 932. The molecule has 0 atom stereocenters. The maximum Gasteiger partial charge on any atom is 0.244 e. The first-order chi connectivity index (χ1) is 13.1. The van der Waals surface area contributed by atoms with Crippen molar-refractivity contribution in [3.05, 3.63) is 78.0 Å². The molecule has 0 aliphatic rings. The minimum atomic E-state index is -0.293. The number of carbonyl (C=O) groups excluding carboxylic acids is 2. The number of rotatable bonds is 7. The Labute approximate surface area is 161 Å².